The number of phenolic OH excluding ortho intramolecular Hbond substituents is 1. The Balaban J connectivity index is 0.000000858. The zero-order valence-corrected chi connectivity index (χ0v) is 26.5. The number of carbonyl (C=O) groups is 3. The molecule has 0 saturated heterocycles. The van der Waals surface area contributed by atoms with Crippen molar-refractivity contribution in [1.82, 2.24) is 0 Å². The molecule has 0 radical (unpaired) electrons. The van der Waals surface area contributed by atoms with Crippen LogP contribution in [0.2, 0.25) is 0 Å². The van der Waals surface area contributed by atoms with Crippen LogP contribution in [0.1, 0.15) is 111 Å². The van der Waals surface area contributed by atoms with Gasteiger partial charge in [0.05, 0.1) is 13.2 Å². The van der Waals surface area contributed by atoms with E-state index in [-0.39, 0.29) is 15.8 Å². The second kappa shape index (κ2) is 22.4. The molecule has 0 aromatic heterocycles. The maximum absolute atomic E-state index is 11.9. The summed E-state index contributed by atoms with van der Waals surface area (Å²) in [4.78, 5) is 34.5. The van der Waals surface area contributed by atoms with Crippen LogP contribution in [0, 0.1) is 5.92 Å². The van der Waals surface area contributed by atoms with E-state index in [0.29, 0.717) is 19.6 Å². The first kappa shape index (κ1) is 37.7. The Labute approximate surface area is 242 Å². The minimum absolute atomic E-state index is 0.225. The Kier molecular flexibility index (Phi) is 21.1. The van der Waals surface area contributed by atoms with Crippen molar-refractivity contribution in [2.24, 2.45) is 5.92 Å². The van der Waals surface area contributed by atoms with E-state index in [2.05, 4.69) is 12.2 Å². The molecule has 4 N–H and O–H groups in total. The van der Waals surface area contributed by atoms with Crippen molar-refractivity contribution in [3.63, 3.8) is 0 Å². The van der Waals surface area contributed by atoms with Gasteiger partial charge in [-0.15, -0.1) is 0 Å². The molecule has 0 aliphatic rings. The van der Waals surface area contributed by atoms with Crippen molar-refractivity contribution >= 4 is 42.1 Å². The van der Waals surface area contributed by atoms with Crippen molar-refractivity contribution in [3.8, 4) is 5.75 Å². The Hall–Kier alpha value is -2.29. The number of para-hydroxylation sites is 1. The molecular weight excluding hydrogens is 581 g/mol. The van der Waals surface area contributed by atoms with Gasteiger partial charge in [-0.25, -0.2) is 0 Å². The Morgan fingerprint density at radius 3 is 1.65 bits per heavy atom. The molecule has 11 heteroatoms. The van der Waals surface area contributed by atoms with Gasteiger partial charge in [0.1, 0.15) is 0 Å². The summed E-state index contributed by atoms with van der Waals surface area (Å²) in [7, 11) is 0. The zero-order chi connectivity index (χ0) is 30.4. The molecule has 1 aromatic rings. The largest absolute Gasteiger partial charge is 0.465 e. The number of unbranched alkanes of at least 4 members (excludes halogenated alkanes) is 11. The number of anilines is 1. The molecule has 0 aliphatic heterocycles. The van der Waals surface area contributed by atoms with Gasteiger partial charge in [-0.3, -0.25) is 9.59 Å². The minimum Gasteiger partial charge on any atom is -0.465 e. The fourth-order valence-corrected chi connectivity index (χ4v) is 5.64. The third-order valence-electron chi connectivity index (χ3n) is 6.12. The first-order chi connectivity index (χ1) is 19.0. The van der Waals surface area contributed by atoms with Gasteiger partial charge in [0, 0.05) is 0 Å². The number of benzene rings is 1. The third kappa shape index (κ3) is 17.4. The average Bonchev–Trinajstić information content (AvgIpc) is 2.87. The van der Waals surface area contributed by atoms with Gasteiger partial charge in [0.25, 0.3) is 0 Å². The first-order valence-corrected chi connectivity index (χ1v) is 17.9. The van der Waals surface area contributed by atoms with Crippen LogP contribution in [-0.4, -0.2) is 58.5 Å². The zero-order valence-electron chi connectivity index (χ0n) is 24.7. The molecule has 0 spiro atoms. The number of hydrogen-bond donors (Lipinski definition) is 4. The smallest absolute Gasteiger partial charge is 0.320 e. The standard InChI is InChI=1S/C21H40O4.C8H10AsNO5/c1-4-7-8-9-10-11-12-13-14-15-16-17-18-19(20(22)24-5-2)21(23)25-6-3;1-5(11)10-8-6(9(13,14)15)3-2-4-7(8)12/h19H,4-18H2,1-3H3;2-4,12H,1H3,(H,10,11)(H2,13,14,15). The molecule has 40 heavy (non-hydrogen) atoms. The minimum atomic E-state index is -5.14. The first-order valence-electron chi connectivity index (χ1n) is 14.5. The fraction of sp³-hybridized carbons (Fsp3) is 0.690. The summed E-state index contributed by atoms with van der Waals surface area (Å²) >= 11 is -5.14. The monoisotopic (exact) mass is 631 g/mol. The summed E-state index contributed by atoms with van der Waals surface area (Å²) in [6.07, 6.45) is 15.7. The molecule has 1 amide bonds. The average molecular weight is 632 g/mol. The molecule has 1 rings (SSSR count). The predicted molar refractivity (Wildman–Crippen MR) is 155 cm³/mol. The van der Waals surface area contributed by atoms with Crippen LogP contribution in [0.15, 0.2) is 18.2 Å². The quantitative estimate of drug-likeness (QED) is 0.0557. The van der Waals surface area contributed by atoms with E-state index < -0.39 is 37.9 Å². The topological polar surface area (TPSA) is 159 Å². The molecule has 0 saturated carbocycles. The number of ether oxygens (including phenoxy) is 2. The number of carbonyl (C=O) groups excluding carboxylic acids is 3. The number of nitrogens with one attached hydrogen (secondary N) is 1. The van der Waals surface area contributed by atoms with Crippen LogP contribution < -0.4 is 9.67 Å². The number of amides is 1. The fourth-order valence-electron chi connectivity index (χ4n) is 4.08. The maximum atomic E-state index is 11.9. The van der Waals surface area contributed by atoms with E-state index in [1.807, 2.05) is 0 Å². The normalized spacial score (nSPS) is 11.0. The molecule has 10 nitrogen and oxygen atoms in total. The predicted octanol–water partition coefficient (Wildman–Crippen LogP) is 4.73. The Morgan fingerprint density at radius 1 is 0.800 bits per heavy atom. The molecule has 230 valence electrons. The van der Waals surface area contributed by atoms with Crippen molar-refractivity contribution in [3.05, 3.63) is 18.2 Å². The van der Waals surface area contributed by atoms with Gasteiger partial charge >= 0.3 is 100 Å². The van der Waals surface area contributed by atoms with Gasteiger partial charge in [-0.1, -0.05) is 84.0 Å². The van der Waals surface area contributed by atoms with E-state index in [9.17, 15) is 23.2 Å². The molecule has 0 heterocycles. The molecular formula is C29H50AsNO9. The molecule has 0 fully saturated rings. The Bertz CT molecular complexity index is 899. The van der Waals surface area contributed by atoms with E-state index in [1.165, 1.54) is 89.3 Å². The van der Waals surface area contributed by atoms with Crippen molar-refractivity contribution in [1.29, 1.82) is 0 Å². The Morgan fingerprint density at radius 2 is 1.25 bits per heavy atom. The number of phenols is 1. The van der Waals surface area contributed by atoms with Crippen LogP contribution in [0.5, 0.6) is 5.75 Å². The van der Waals surface area contributed by atoms with E-state index in [4.69, 9.17) is 17.7 Å². The van der Waals surface area contributed by atoms with Gasteiger partial charge in [0.2, 0.25) is 0 Å². The van der Waals surface area contributed by atoms with Gasteiger partial charge in [0.15, 0.2) is 5.92 Å². The maximum Gasteiger partial charge on any atom is 0.320 e. The number of aromatic hydroxyl groups is 1. The summed E-state index contributed by atoms with van der Waals surface area (Å²) in [5, 5.41) is 11.5. The summed E-state index contributed by atoms with van der Waals surface area (Å²) in [6, 6.07) is 3.71. The summed E-state index contributed by atoms with van der Waals surface area (Å²) in [5.41, 5.74) is -0.225. The van der Waals surface area contributed by atoms with E-state index >= 15 is 0 Å². The molecule has 0 unspecified atom stereocenters. The van der Waals surface area contributed by atoms with E-state index in [0.717, 1.165) is 12.8 Å². The van der Waals surface area contributed by atoms with Gasteiger partial charge in [-0.2, -0.15) is 0 Å². The van der Waals surface area contributed by atoms with Crippen LogP contribution in [0.25, 0.3) is 0 Å². The second-order valence-corrected chi connectivity index (χ2v) is 12.9. The molecule has 1 aromatic carbocycles. The summed E-state index contributed by atoms with van der Waals surface area (Å²) < 4.78 is 38.7. The van der Waals surface area contributed by atoms with Crippen molar-refractivity contribution in [2.75, 3.05) is 18.5 Å². The number of hydrogen-bond acceptors (Lipinski definition) is 7. The third-order valence-corrected chi connectivity index (χ3v) is 8.22. The van der Waals surface area contributed by atoms with Crippen LogP contribution >= 0.6 is 0 Å². The van der Waals surface area contributed by atoms with Gasteiger partial charge in [-0.05, 0) is 20.3 Å². The van der Waals surface area contributed by atoms with Crippen molar-refractivity contribution in [2.45, 2.75) is 111 Å². The molecule has 0 atom stereocenters. The van der Waals surface area contributed by atoms with E-state index in [1.54, 1.807) is 13.8 Å². The summed E-state index contributed by atoms with van der Waals surface area (Å²) in [6.45, 7) is 7.54. The van der Waals surface area contributed by atoms with Crippen LogP contribution in [-0.2, 0) is 27.6 Å². The molecule has 0 aliphatic carbocycles. The SMILES string of the molecule is CC(=O)Nc1c(O)cccc1[As](=O)(O)O.CCCCCCCCCCCCCCC(C(=O)OCC)C(=O)OCC. The van der Waals surface area contributed by atoms with Crippen LogP contribution in [0.4, 0.5) is 5.69 Å². The van der Waals surface area contributed by atoms with Crippen LogP contribution in [0.3, 0.4) is 0 Å². The number of esters is 2. The second-order valence-electron chi connectivity index (χ2n) is 9.63. The summed E-state index contributed by atoms with van der Waals surface area (Å²) in [5.74, 6) is -2.51. The van der Waals surface area contributed by atoms with Crippen molar-refractivity contribution < 1.29 is 40.9 Å². The molecule has 0 bridgehead atoms. The number of rotatable bonds is 19. The van der Waals surface area contributed by atoms with Gasteiger partial charge < -0.3 is 9.47 Å².